The number of allylic oxidation sites excluding steroid dienone is 1. The Bertz CT molecular complexity index is 1210. The van der Waals surface area contributed by atoms with Crippen molar-refractivity contribution in [3.05, 3.63) is 58.5 Å². The van der Waals surface area contributed by atoms with Crippen molar-refractivity contribution in [3.8, 4) is 11.3 Å². The highest BCUT2D eigenvalue weighted by molar-refractivity contribution is 6.30. The van der Waals surface area contributed by atoms with E-state index in [1.54, 1.807) is 6.08 Å². The number of likely N-dealkylation sites (tertiary alicyclic amines) is 1. The van der Waals surface area contributed by atoms with Crippen molar-refractivity contribution < 1.29 is 15.0 Å². The number of carboxylic acid groups (broad SMARTS) is 1. The Morgan fingerprint density at radius 1 is 1.20 bits per heavy atom. The fraction of sp³-hybridized carbons (Fsp3) is 0.433. The SMILES string of the molecule is C=N/C=N\N(C)C1CCN(C(O)/C=C/c2nc(CCCCC(=O)O)c(-c3ccc(Cl)cc3)nc2/C=C\CC)CC1. The van der Waals surface area contributed by atoms with E-state index in [9.17, 15) is 9.90 Å². The number of hydrazone groups is 1. The highest BCUT2D eigenvalue weighted by atomic mass is 35.5. The molecular weight excluding hydrogens is 528 g/mol. The average molecular weight is 567 g/mol. The number of aryl methyl sites for hydroxylation is 1. The third kappa shape index (κ3) is 9.36. The van der Waals surface area contributed by atoms with Crippen molar-refractivity contribution in [2.75, 3.05) is 20.1 Å². The van der Waals surface area contributed by atoms with E-state index < -0.39 is 12.2 Å². The first kappa shape index (κ1) is 31.1. The summed E-state index contributed by atoms with van der Waals surface area (Å²) >= 11 is 6.12. The van der Waals surface area contributed by atoms with Crippen molar-refractivity contribution in [2.24, 2.45) is 10.1 Å². The van der Waals surface area contributed by atoms with Crippen molar-refractivity contribution in [3.63, 3.8) is 0 Å². The van der Waals surface area contributed by atoms with Gasteiger partial charge in [0.2, 0.25) is 0 Å². The molecule has 1 aliphatic rings. The lowest BCUT2D eigenvalue weighted by Crippen LogP contribution is -2.45. The minimum absolute atomic E-state index is 0.115. The number of carboxylic acids is 1. The molecule has 1 unspecified atom stereocenters. The molecule has 2 heterocycles. The van der Waals surface area contributed by atoms with E-state index >= 15 is 0 Å². The molecule has 1 aromatic heterocycles. The lowest BCUT2D eigenvalue weighted by atomic mass is 10.0. The summed E-state index contributed by atoms with van der Waals surface area (Å²) in [6.07, 6.45) is 12.8. The molecule has 0 spiro atoms. The number of aliphatic carboxylic acids is 1. The van der Waals surface area contributed by atoms with Crippen molar-refractivity contribution in [1.82, 2.24) is 19.9 Å². The summed E-state index contributed by atoms with van der Waals surface area (Å²) in [6.45, 7) is 6.94. The fourth-order valence-electron chi connectivity index (χ4n) is 4.59. The maximum atomic E-state index is 11.0. The van der Waals surface area contributed by atoms with Crippen LogP contribution in [-0.2, 0) is 11.2 Å². The third-order valence-corrected chi connectivity index (χ3v) is 7.10. The molecular formula is C30H39ClN6O3. The second kappa shape index (κ2) is 16.0. The zero-order valence-corrected chi connectivity index (χ0v) is 24.0. The number of hydrogen-bond acceptors (Lipinski definition) is 7. The van der Waals surface area contributed by atoms with Crippen LogP contribution in [0.1, 0.15) is 62.5 Å². The van der Waals surface area contributed by atoms with Crippen LogP contribution < -0.4 is 0 Å². The number of aromatic nitrogens is 2. The van der Waals surface area contributed by atoms with Crippen molar-refractivity contribution in [2.45, 2.75) is 64.1 Å². The Labute approximate surface area is 241 Å². The minimum atomic E-state index is -0.807. The summed E-state index contributed by atoms with van der Waals surface area (Å²) in [7, 11) is 1.93. The van der Waals surface area contributed by atoms with Gasteiger partial charge in [0.15, 0.2) is 0 Å². The number of halogens is 1. The molecule has 1 aliphatic heterocycles. The molecule has 0 amide bonds. The van der Waals surface area contributed by atoms with Gasteiger partial charge in [-0.15, -0.1) is 0 Å². The molecule has 2 aromatic rings. The van der Waals surface area contributed by atoms with Gasteiger partial charge in [0.1, 0.15) is 12.6 Å². The highest BCUT2D eigenvalue weighted by Crippen LogP contribution is 2.27. The number of carbonyl (C=O) groups is 1. The van der Waals surface area contributed by atoms with Gasteiger partial charge in [0.05, 0.1) is 22.8 Å². The first-order valence-corrected chi connectivity index (χ1v) is 14.1. The quantitative estimate of drug-likeness (QED) is 0.136. The Balaban J connectivity index is 1.84. The van der Waals surface area contributed by atoms with E-state index in [0.717, 1.165) is 49.3 Å². The highest BCUT2D eigenvalue weighted by Gasteiger charge is 2.25. The number of nitrogens with zero attached hydrogens (tertiary/aromatic N) is 6. The Morgan fingerprint density at radius 2 is 1.90 bits per heavy atom. The van der Waals surface area contributed by atoms with Crippen LogP contribution in [0.2, 0.25) is 5.02 Å². The molecule has 1 atom stereocenters. The van der Waals surface area contributed by atoms with E-state index in [4.69, 9.17) is 26.7 Å². The van der Waals surface area contributed by atoms with Gasteiger partial charge in [-0.25, -0.2) is 9.97 Å². The first-order valence-electron chi connectivity index (χ1n) is 13.7. The Hall–Kier alpha value is -3.40. The molecule has 0 saturated carbocycles. The predicted octanol–water partition coefficient (Wildman–Crippen LogP) is 5.39. The number of aliphatic imine (C=N–C) groups is 1. The summed E-state index contributed by atoms with van der Waals surface area (Å²) in [5.74, 6) is -0.807. The maximum absolute atomic E-state index is 11.0. The van der Waals surface area contributed by atoms with Gasteiger partial charge in [-0.2, -0.15) is 5.10 Å². The molecule has 0 bridgehead atoms. The molecule has 10 heteroatoms. The van der Waals surface area contributed by atoms with E-state index in [0.29, 0.717) is 35.7 Å². The monoisotopic (exact) mass is 566 g/mol. The van der Waals surface area contributed by atoms with Crippen LogP contribution >= 0.6 is 11.6 Å². The molecule has 9 nitrogen and oxygen atoms in total. The van der Waals surface area contributed by atoms with Crippen LogP contribution in [0.15, 0.2) is 46.5 Å². The number of hydrogen-bond donors (Lipinski definition) is 2. The van der Waals surface area contributed by atoms with E-state index in [1.165, 1.54) is 6.34 Å². The van der Waals surface area contributed by atoms with Crippen molar-refractivity contribution in [1.29, 1.82) is 0 Å². The third-order valence-electron chi connectivity index (χ3n) is 6.85. The Morgan fingerprint density at radius 3 is 2.55 bits per heavy atom. The fourth-order valence-corrected chi connectivity index (χ4v) is 4.72. The van der Waals surface area contributed by atoms with Gasteiger partial charge in [0, 0.05) is 43.2 Å². The topological polar surface area (TPSA) is 115 Å². The second-order valence-corrected chi connectivity index (χ2v) is 10.2. The number of piperidine rings is 1. The standard InChI is InChI=1S/C30H39ClN6O3/c1-4-5-8-25-26(15-16-28(38)37-19-17-24(18-20-37)36(3)33-21-32-2)34-27(9-6-7-10-29(39)40)30(35-25)22-11-13-23(31)14-12-22/h5,8,11-16,21,24,28,38H,2,4,6-7,9-10,17-20H2,1,3H3,(H,39,40)/b8-5-,16-15+,33-21-. The van der Waals surface area contributed by atoms with Crippen LogP contribution in [0.4, 0.5) is 0 Å². The summed E-state index contributed by atoms with van der Waals surface area (Å²) < 4.78 is 0. The van der Waals surface area contributed by atoms with Crippen LogP contribution in [0.5, 0.6) is 0 Å². The molecule has 1 fully saturated rings. The van der Waals surface area contributed by atoms with E-state index in [2.05, 4.69) is 23.7 Å². The molecule has 1 saturated heterocycles. The van der Waals surface area contributed by atoms with E-state index in [-0.39, 0.29) is 12.5 Å². The van der Waals surface area contributed by atoms with Crippen LogP contribution in [-0.4, -0.2) is 81.5 Å². The summed E-state index contributed by atoms with van der Waals surface area (Å²) in [5, 5.41) is 26.8. The predicted molar refractivity (Wildman–Crippen MR) is 162 cm³/mol. The number of benzene rings is 1. The lowest BCUT2D eigenvalue weighted by Gasteiger charge is -2.36. The number of aliphatic hydroxyl groups is 1. The van der Waals surface area contributed by atoms with Crippen LogP contribution in [0.3, 0.4) is 0 Å². The van der Waals surface area contributed by atoms with Gasteiger partial charge < -0.3 is 10.2 Å². The molecule has 0 aliphatic carbocycles. The largest absolute Gasteiger partial charge is 0.481 e. The minimum Gasteiger partial charge on any atom is -0.481 e. The molecule has 0 radical (unpaired) electrons. The Kier molecular flexibility index (Phi) is 12.5. The van der Waals surface area contributed by atoms with Gasteiger partial charge in [-0.1, -0.05) is 36.7 Å². The molecule has 214 valence electrons. The zero-order valence-electron chi connectivity index (χ0n) is 23.3. The van der Waals surface area contributed by atoms with Gasteiger partial charge in [-0.05, 0) is 75.6 Å². The summed E-state index contributed by atoms with van der Waals surface area (Å²) in [4.78, 5) is 26.7. The molecule has 1 aromatic carbocycles. The maximum Gasteiger partial charge on any atom is 0.303 e. The van der Waals surface area contributed by atoms with Gasteiger partial charge in [0.25, 0.3) is 0 Å². The number of unbranched alkanes of at least 4 members (excludes halogenated alkanes) is 1. The molecule has 40 heavy (non-hydrogen) atoms. The van der Waals surface area contributed by atoms with Crippen molar-refractivity contribution >= 4 is 42.8 Å². The average Bonchev–Trinajstić information content (AvgIpc) is 2.96. The van der Waals surface area contributed by atoms with Gasteiger partial charge in [-0.3, -0.25) is 19.7 Å². The molecule has 2 N–H and O–H groups in total. The summed E-state index contributed by atoms with van der Waals surface area (Å²) in [5.41, 5.74) is 3.80. The second-order valence-electron chi connectivity index (χ2n) is 9.73. The smallest absolute Gasteiger partial charge is 0.303 e. The normalized spacial score (nSPS) is 15.8. The summed E-state index contributed by atoms with van der Waals surface area (Å²) in [6, 6.07) is 7.76. The van der Waals surface area contributed by atoms with Crippen LogP contribution in [0.25, 0.3) is 23.4 Å². The van der Waals surface area contributed by atoms with Gasteiger partial charge >= 0.3 is 5.97 Å². The van der Waals surface area contributed by atoms with Crippen LogP contribution in [0, 0.1) is 0 Å². The first-order chi connectivity index (χ1) is 19.3. The number of aliphatic hydroxyl groups excluding tert-OH is 1. The lowest BCUT2D eigenvalue weighted by molar-refractivity contribution is -0.137. The zero-order chi connectivity index (χ0) is 28.9. The molecule has 3 rings (SSSR count). The number of rotatable bonds is 14. The van der Waals surface area contributed by atoms with E-state index in [1.807, 2.05) is 59.5 Å².